The molecule has 23 heavy (non-hydrogen) atoms. The van der Waals surface area contributed by atoms with Crippen molar-refractivity contribution in [2.45, 2.75) is 18.3 Å². The van der Waals surface area contributed by atoms with E-state index in [1.54, 1.807) is 30.0 Å². The highest BCUT2D eigenvalue weighted by atomic mass is 32.2. The van der Waals surface area contributed by atoms with Gasteiger partial charge < -0.3 is 4.90 Å². The van der Waals surface area contributed by atoms with Gasteiger partial charge in [-0.25, -0.2) is 13.4 Å². The van der Waals surface area contributed by atoms with Crippen LogP contribution in [0.2, 0.25) is 0 Å². The molecule has 1 aliphatic rings. The molecular weight excluding hydrogens is 329 g/mol. The van der Waals surface area contributed by atoms with E-state index in [-0.39, 0.29) is 24.4 Å². The third-order valence-electron chi connectivity index (χ3n) is 4.06. The molecule has 2 aromatic rings. The number of alkyl halides is 3. The number of nitrogens with zero attached hydrogens (tertiary/aromatic N) is 2. The molecular formula is C15H15F3N2O2S. The third kappa shape index (κ3) is 2.99. The maximum Gasteiger partial charge on any atom is 0.433 e. The van der Waals surface area contributed by atoms with Gasteiger partial charge in [-0.3, -0.25) is 0 Å². The monoisotopic (exact) mass is 344 g/mol. The van der Waals surface area contributed by atoms with E-state index in [9.17, 15) is 21.6 Å². The average Bonchev–Trinajstić information content (AvgIpc) is 2.48. The standard InChI is InChI=1S/C15H15F3N2O2S/c1-10-9-20(6-7-23(10,21)22)13-8-14(15(16,17)18)19-12-5-3-2-4-11(12)13/h2-5,8,10H,6-7,9H2,1H3/t10-/m1/s1. The highest BCUT2D eigenvalue weighted by Gasteiger charge is 2.35. The lowest BCUT2D eigenvalue weighted by Gasteiger charge is -2.33. The molecule has 0 N–H and O–H groups in total. The Bertz CT molecular complexity index is 849. The normalized spacial score (nSPS) is 21.6. The van der Waals surface area contributed by atoms with Crippen LogP contribution in [0.15, 0.2) is 30.3 Å². The number of hydrogen-bond donors (Lipinski definition) is 0. The lowest BCUT2D eigenvalue weighted by atomic mass is 10.1. The van der Waals surface area contributed by atoms with Crippen molar-refractivity contribution in [1.29, 1.82) is 0 Å². The highest BCUT2D eigenvalue weighted by Crippen LogP contribution is 2.35. The molecule has 4 nitrogen and oxygen atoms in total. The molecule has 1 aliphatic heterocycles. The maximum atomic E-state index is 13.1. The molecule has 8 heteroatoms. The second-order valence-electron chi connectivity index (χ2n) is 5.67. The Hall–Kier alpha value is -1.83. The summed E-state index contributed by atoms with van der Waals surface area (Å²) in [6.45, 7) is 1.93. The molecule has 0 unspecified atom stereocenters. The molecule has 0 bridgehead atoms. The van der Waals surface area contributed by atoms with Crippen molar-refractivity contribution < 1.29 is 21.6 Å². The zero-order valence-corrected chi connectivity index (χ0v) is 13.2. The van der Waals surface area contributed by atoms with Crippen LogP contribution in [0.1, 0.15) is 12.6 Å². The van der Waals surface area contributed by atoms with Crippen LogP contribution in [0, 0.1) is 0 Å². The summed E-state index contributed by atoms with van der Waals surface area (Å²) in [5.41, 5.74) is -0.338. The molecule has 0 spiro atoms. The van der Waals surface area contributed by atoms with Crippen molar-refractivity contribution in [2.75, 3.05) is 23.7 Å². The summed E-state index contributed by atoms with van der Waals surface area (Å²) >= 11 is 0. The Labute approximate surface area is 131 Å². The van der Waals surface area contributed by atoms with Crippen LogP contribution in [-0.2, 0) is 16.0 Å². The Morgan fingerprint density at radius 2 is 1.96 bits per heavy atom. The molecule has 1 aromatic heterocycles. The number of hydrogen-bond acceptors (Lipinski definition) is 4. The number of aromatic nitrogens is 1. The number of rotatable bonds is 1. The van der Waals surface area contributed by atoms with Crippen LogP contribution >= 0.6 is 0 Å². The first-order valence-corrected chi connectivity index (χ1v) is 8.83. The minimum absolute atomic E-state index is 0.0633. The Morgan fingerprint density at radius 1 is 1.26 bits per heavy atom. The van der Waals surface area contributed by atoms with E-state index >= 15 is 0 Å². The fourth-order valence-electron chi connectivity index (χ4n) is 2.74. The molecule has 3 rings (SSSR count). The van der Waals surface area contributed by atoms with Gasteiger partial charge in [0.25, 0.3) is 0 Å². The fourth-order valence-corrected chi connectivity index (χ4v) is 4.02. The van der Waals surface area contributed by atoms with Crippen molar-refractivity contribution in [3.05, 3.63) is 36.0 Å². The van der Waals surface area contributed by atoms with Crippen LogP contribution in [0.4, 0.5) is 18.9 Å². The van der Waals surface area contributed by atoms with Gasteiger partial charge in [0.2, 0.25) is 0 Å². The van der Waals surface area contributed by atoms with Gasteiger partial charge in [-0.2, -0.15) is 13.2 Å². The zero-order valence-electron chi connectivity index (χ0n) is 12.3. The van der Waals surface area contributed by atoms with Gasteiger partial charge in [0.05, 0.1) is 16.5 Å². The van der Waals surface area contributed by atoms with Gasteiger partial charge in [-0.15, -0.1) is 0 Å². The van der Waals surface area contributed by atoms with Crippen LogP contribution in [-0.4, -0.2) is 37.5 Å². The Morgan fingerprint density at radius 3 is 2.61 bits per heavy atom. The van der Waals surface area contributed by atoms with Crippen LogP contribution in [0.25, 0.3) is 10.9 Å². The first-order valence-electron chi connectivity index (χ1n) is 7.12. The van der Waals surface area contributed by atoms with Crippen molar-refractivity contribution in [3.63, 3.8) is 0 Å². The zero-order chi connectivity index (χ0) is 16.8. The fraction of sp³-hybridized carbons (Fsp3) is 0.400. The predicted octanol–water partition coefficient (Wildman–Crippen LogP) is 2.88. The first kappa shape index (κ1) is 16.0. The SMILES string of the molecule is C[C@@H]1CN(c2cc(C(F)(F)F)nc3ccccc23)CCS1(=O)=O. The van der Waals surface area contributed by atoms with Crippen LogP contribution < -0.4 is 4.90 Å². The summed E-state index contributed by atoms with van der Waals surface area (Å²) in [6.07, 6.45) is -4.55. The molecule has 2 heterocycles. The van der Waals surface area contributed by atoms with Crippen molar-refractivity contribution in [2.24, 2.45) is 0 Å². The highest BCUT2D eigenvalue weighted by molar-refractivity contribution is 7.92. The smallest absolute Gasteiger partial charge is 0.369 e. The predicted molar refractivity (Wildman–Crippen MR) is 82.2 cm³/mol. The maximum absolute atomic E-state index is 13.1. The molecule has 1 aromatic carbocycles. The number of sulfone groups is 1. The molecule has 1 fully saturated rings. The minimum atomic E-state index is -4.55. The van der Waals surface area contributed by atoms with E-state index in [1.807, 2.05) is 0 Å². The topological polar surface area (TPSA) is 50.3 Å². The molecule has 1 atom stereocenters. The third-order valence-corrected chi connectivity index (χ3v) is 6.19. The molecule has 1 saturated heterocycles. The van der Waals surface area contributed by atoms with Gasteiger partial charge >= 0.3 is 6.18 Å². The van der Waals surface area contributed by atoms with Crippen molar-refractivity contribution in [3.8, 4) is 0 Å². The summed E-state index contributed by atoms with van der Waals surface area (Å²) in [5.74, 6) is -0.0633. The lowest BCUT2D eigenvalue weighted by molar-refractivity contribution is -0.140. The summed E-state index contributed by atoms with van der Waals surface area (Å²) in [7, 11) is -3.17. The first-order chi connectivity index (χ1) is 10.7. The quantitative estimate of drug-likeness (QED) is 0.798. The molecule has 0 aliphatic carbocycles. The summed E-state index contributed by atoms with van der Waals surface area (Å²) in [5, 5.41) is -0.0236. The number of halogens is 3. The van der Waals surface area contributed by atoms with E-state index in [0.717, 1.165) is 6.07 Å². The van der Waals surface area contributed by atoms with Gasteiger partial charge in [0, 0.05) is 24.2 Å². The molecule has 0 amide bonds. The van der Waals surface area contributed by atoms with Gasteiger partial charge in [-0.05, 0) is 19.1 Å². The van der Waals surface area contributed by atoms with Gasteiger partial charge in [-0.1, -0.05) is 18.2 Å². The number of anilines is 1. The second-order valence-corrected chi connectivity index (χ2v) is 8.20. The summed E-state index contributed by atoms with van der Waals surface area (Å²) in [6, 6.07) is 7.59. The average molecular weight is 344 g/mol. The molecule has 0 saturated carbocycles. The van der Waals surface area contributed by atoms with Crippen LogP contribution in [0.5, 0.6) is 0 Å². The van der Waals surface area contributed by atoms with Gasteiger partial charge in [0.15, 0.2) is 9.84 Å². The molecule has 0 radical (unpaired) electrons. The van der Waals surface area contributed by atoms with E-state index in [1.165, 1.54) is 6.07 Å². The van der Waals surface area contributed by atoms with Gasteiger partial charge in [0.1, 0.15) is 5.69 Å². The van der Waals surface area contributed by atoms with E-state index in [2.05, 4.69) is 4.98 Å². The van der Waals surface area contributed by atoms with E-state index in [4.69, 9.17) is 0 Å². The summed E-state index contributed by atoms with van der Waals surface area (Å²) < 4.78 is 62.9. The van der Waals surface area contributed by atoms with Crippen molar-refractivity contribution >= 4 is 26.4 Å². The van der Waals surface area contributed by atoms with E-state index in [0.29, 0.717) is 11.1 Å². The van der Waals surface area contributed by atoms with Crippen LogP contribution in [0.3, 0.4) is 0 Å². The molecule has 124 valence electrons. The largest absolute Gasteiger partial charge is 0.433 e. The lowest BCUT2D eigenvalue weighted by Crippen LogP contribution is -2.45. The summed E-state index contributed by atoms with van der Waals surface area (Å²) in [4.78, 5) is 5.38. The number of pyridine rings is 1. The Kier molecular flexibility index (Phi) is 3.74. The number of benzene rings is 1. The Balaban J connectivity index is 2.13. The minimum Gasteiger partial charge on any atom is -0.369 e. The number of fused-ring (bicyclic) bond motifs is 1. The van der Waals surface area contributed by atoms with Crippen molar-refractivity contribution in [1.82, 2.24) is 4.98 Å². The van der Waals surface area contributed by atoms with E-state index < -0.39 is 27.0 Å². The second kappa shape index (κ2) is 5.36. The number of para-hydroxylation sites is 1.